The monoisotopic (exact) mass is 686 g/mol. The van der Waals surface area contributed by atoms with Crippen LogP contribution in [-0.4, -0.2) is 75.2 Å². The lowest BCUT2D eigenvalue weighted by atomic mass is 9.87. The summed E-state index contributed by atoms with van der Waals surface area (Å²) in [5.74, 6) is 1.04. The molecule has 2 amide bonds. The number of methoxy groups -OCH3 is 1. The van der Waals surface area contributed by atoms with Crippen LogP contribution in [-0.2, 0) is 43.4 Å². The first kappa shape index (κ1) is 37.3. The highest BCUT2D eigenvalue weighted by Gasteiger charge is 2.35. The molecule has 270 valence electrons. The molecule has 0 N–H and O–H groups in total. The van der Waals surface area contributed by atoms with Gasteiger partial charge in [-0.3, -0.25) is 4.79 Å². The number of hydrogen-bond acceptors (Lipinski definition) is 7. The summed E-state index contributed by atoms with van der Waals surface area (Å²) in [6, 6.07) is 22.8. The van der Waals surface area contributed by atoms with Crippen LogP contribution >= 0.6 is 0 Å². The minimum absolute atomic E-state index is 0.0855. The number of anilines is 1. The zero-order valence-corrected chi connectivity index (χ0v) is 30.5. The van der Waals surface area contributed by atoms with Gasteiger partial charge in [0.05, 0.1) is 39.1 Å². The van der Waals surface area contributed by atoms with Crippen LogP contribution in [0, 0.1) is 6.92 Å². The maximum atomic E-state index is 13.1. The van der Waals surface area contributed by atoms with E-state index in [1.165, 1.54) is 16.7 Å². The number of hydrogen-bond donors (Lipinski definition) is 0. The number of fused-ring (bicyclic) bond motifs is 1. The van der Waals surface area contributed by atoms with Gasteiger partial charge in [0, 0.05) is 51.3 Å². The summed E-state index contributed by atoms with van der Waals surface area (Å²) in [6.07, 6.45) is 3.02. The lowest BCUT2D eigenvalue weighted by molar-refractivity contribution is -0.118. The fraction of sp³-hybridized carbons (Fsp3) is 0.512. The van der Waals surface area contributed by atoms with E-state index in [9.17, 15) is 9.59 Å². The van der Waals surface area contributed by atoms with Crippen molar-refractivity contribution < 1.29 is 33.3 Å². The average molecular weight is 687 g/mol. The third-order valence-electron chi connectivity index (χ3n) is 9.28. The maximum absolute atomic E-state index is 13.1. The highest BCUT2D eigenvalue weighted by molar-refractivity contribution is 5.96. The topological polar surface area (TPSA) is 86.8 Å². The zero-order valence-electron chi connectivity index (χ0n) is 30.5. The molecule has 0 saturated carbocycles. The Hall–Kier alpha value is -3.92. The van der Waals surface area contributed by atoms with Crippen molar-refractivity contribution >= 4 is 17.7 Å². The van der Waals surface area contributed by atoms with Crippen molar-refractivity contribution in [1.29, 1.82) is 0 Å². The number of ether oxygens (including phenoxy) is 5. The van der Waals surface area contributed by atoms with Crippen molar-refractivity contribution in [3.8, 4) is 5.75 Å². The van der Waals surface area contributed by atoms with Gasteiger partial charge in [-0.05, 0) is 93.0 Å². The molecule has 3 aromatic carbocycles. The molecule has 0 aromatic heterocycles. The van der Waals surface area contributed by atoms with Gasteiger partial charge >= 0.3 is 6.09 Å². The second-order valence-electron chi connectivity index (χ2n) is 14.3. The molecule has 1 saturated heterocycles. The Kier molecular flexibility index (Phi) is 13.3. The van der Waals surface area contributed by atoms with Crippen LogP contribution in [0.15, 0.2) is 66.7 Å². The minimum atomic E-state index is -0.580. The highest BCUT2D eigenvalue weighted by atomic mass is 16.6. The van der Waals surface area contributed by atoms with Crippen LogP contribution < -0.4 is 9.64 Å². The first-order valence-corrected chi connectivity index (χ1v) is 18.0. The van der Waals surface area contributed by atoms with E-state index in [0.717, 1.165) is 48.2 Å². The second-order valence-corrected chi connectivity index (χ2v) is 14.3. The molecule has 0 radical (unpaired) electrons. The molecule has 0 bridgehead atoms. The van der Waals surface area contributed by atoms with Gasteiger partial charge in [0.25, 0.3) is 0 Å². The normalized spacial score (nSPS) is 17.8. The van der Waals surface area contributed by atoms with Gasteiger partial charge in [0.15, 0.2) is 0 Å². The number of carbonyl (C=O) groups is 2. The zero-order chi connectivity index (χ0) is 35.5. The van der Waals surface area contributed by atoms with Crippen molar-refractivity contribution in [3.05, 3.63) is 94.5 Å². The van der Waals surface area contributed by atoms with Crippen LogP contribution in [0.3, 0.4) is 0 Å². The molecule has 3 aromatic rings. The summed E-state index contributed by atoms with van der Waals surface area (Å²) < 4.78 is 29.5. The van der Waals surface area contributed by atoms with Crippen LogP contribution in [0.2, 0.25) is 0 Å². The quantitative estimate of drug-likeness (QED) is 0.152. The smallest absolute Gasteiger partial charge is 0.410 e. The molecule has 2 aliphatic heterocycles. The van der Waals surface area contributed by atoms with Crippen molar-refractivity contribution in [2.75, 3.05) is 51.5 Å². The third kappa shape index (κ3) is 10.5. The number of benzene rings is 3. The molecule has 0 aliphatic carbocycles. The molecule has 9 heteroatoms. The standard InChI is InChI=1S/C41H54N2O7/c1-30-10-6-7-11-34(30)29-47-24-9-25-48-35-17-14-32(15-18-35)36-20-22-42(40(45)50-41(2,3)4)27-38(36)49-28-31-12-13-33-16-19-39(44)43(37(33)26-31)21-8-23-46-5/h6-7,10-15,17-18,26,36,38H,8-9,16,19-25,27-29H2,1-5H3. The van der Waals surface area contributed by atoms with Crippen molar-refractivity contribution in [1.82, 2.24) is 4.90 Å². The second kappa shape index (κ2) is 17.8. The molecular formula is C41H54N2O7. The Morgan fingerprint density at radius 2 is 1.72 bits per heavy atom. The van der Waals surface area contributed by atoms with Crippen molar-refractivity contribution in [3.63, 3.8) is 0 Å². The number of piperidine rings is 1. The first-order valence-electron chi connectivity index (χ1n) is 18.0. The number of likely N-dealkylation sites (tertiary alicyclic amines) is 1. The van der Waals surface area contributed by atoms with Crippen LogP contribution in [0.1, 0.15) is 80.2 Å². The lowest BCUT2D eigenvalue weighted by Crippen LogP contribution is -2.48. The van der Waals surface area contributed by atoms with E-state index in [1.807, 2.05) is 49.9 Å². The van der Waals surface area contributed by atoms with Gasteiger partial charge in [-0.2, -0.15) is 0 Å². The highest BCUT2D eigenvalue weighted by Crippen LogP contribution is 2.34. The van der Waals surface area contributed by atoms with Gasteiger partial charge in [-0.15, -0.1) is 0 Å². The maximum Gasteiger partial charge on any atom is 0.410 e. The Morgan fingerprint density at radius 3 is 2.48 bits per heavy atom. The van der Waals surface area contributed by atoms with Gasteiger partial charge in [-0.1, -0.05) is 48.5 Å². The largest absolute Gasteiger partial charge is 0.494 e. The molecule has 1 fully saturated rings. The predicted molar refractivity (Wildman–Crippen MR) is 195 cm³/mol. The van der Waals surface area contributed by atoms with E-state index in [0.29, 0.717) is 59.1 Å². The van der Waals surface area contributed by atoms with Gasteiger partial charge in [-0.25, -0.2) is 4.79 Å². The summed E-state index contributed by atoms with van der Waals surface area (Å²) >= 11 is 0. The average Bonchev–Trinajstić information content (AvgIpc) is 3.10. The number of nitrogens with zero attached hydrogens (tertiary/aromatic N) is 2. The van der Waals surface area contributed by atoms with E-state index in [4.69, 9.17) is 23.7 Å². The Morgan fingerprint density at radius 1 is 0.920 bits per heavy atom. The van der Waals surface area contributed by atoms with E-state index < -0.39 is 5.60 Å². The molecule has 2 aliphatic rings. The van der Waals surface area contributed by atoms with E-state index in [2.05, 4.69) is 49.4 Å². The van der Waals surface area contributed by atoms with Crippen LogP contribution in [0.4, 0.5) is 10.5 Å². The fourth-order valence-corrected chi connectivity index (χ4v) is 6.56. The number of rotatable bonds is 15. The van der Waals surface area contributed by atoms with Gasteiger partial charge < -0.3 is 33.5 Å². The minimum Gasteiger partial charge on any atom is -0.494 e. The molecule has 2 heterocycles. The van der Waals surface area contributed by atoms with Gasteiger partial charge in [0.1, 0.15) is 11.4 Å². The van der Waals surface area contributed by atoms with Crippen molar-refractivity contribution in [2.24, 2.45) is 0 Å². The first-order chi connectivity index (χ1) is 24.1. The number of carbonyl (C=O) groups excluding carboxylic acids is 2. The summed E-state index contributed by atoms with van der Waals surface area (Å²) in [5.41, 5.74) is 6.15. The Labute approximate surface area is 297 Å². The predicted octanol–water partition coefficient (Wildman–Crippen LogP) is 7.61. The summed E-state index contributed by atoms with van der Waals surface area (Å²) in [5, 5.41) is 0. The number of aryl methyl sites for hydroxylation is 2. The summed E-state index contributed by atoms with van der Waals surface area (Å²) in [6.45, 7) is 12.2. The van der Waals surface area contributed by atoms with Crippen LogP contribution in [0.25, 0.3) is 0 Å². The molecular weight excluding hydrogens is 632 g/mol. The third-order valence-corrected chi connectivity index (χ3v) is 9.28. The Balaban J connectivity index is 1.21. The molecule has 2 unspecified atom stereocenters. The number of amides is 2. The molecule has 5 rings (SSSR count). The SMILES string of the molecule is COCCCN1C(=O)CCc2ccc(COC3CN(C(=O)OC(C)(C)C)CCC3c3ccc(OCCCOCc4ccccc4C)cc3)cc21. The summed E-state index contributed by atoms with van der Waals surface area (Å²) in [7, 11) is 1.68. The van der Waals surface area contributed by atoms with E-state index in [-0.39, 0.29) is 24.0 Å². The molecule has 0 spiro atoms. The van der Waals surface area contributed by atoms with Gasteiger partial charge in [0.2, 0.25) is 5.91 Å². The van der Waals surface area contributed by atoms with E-state index in [1.54, 1.807) is 12.0 Å². The Bertz CT molecular complexity index is 1550. The lowest BCUT2D eigenvalue weighted by Gasteiger charge is -2.39. The molecule has 50 heavy (non-hydrogen) atoms. The van der Waals surface area contributed by atoms with Crippen LogP contribution in [0.5, 0.6) is 5.75 Å². The molecule has 9 nitrogen and oxygen atoms in total. The fourth-order valence-electron chi connectivity index (χ4n) is 6.56. The molecule has 2 atom stereocenters. The van der Waals surface area contributed by atoms with Crippen molar-refractivity contribution in [2.45, 2.75) is 90.6 Å². The summed E-state index contributed by atoms with van der Waals surface area (Å²) in [4.78, 5) is 29.6. The van der Waals surface area contributed by atoms with E-state index >= 15 is 0 Å².